The molecule has 3 nitrogen and oxygen atoms in total. The molecule has 0 aliphatic heterocycles. The monoisotopic (exact) mass is 409 g/mol. The summed E-state index contributed by atoms with van der Waals surface area (Å²) in [5.41, 5.74) is 2.49. The van der Waals surface area contributed by atoms with Crippen LogP contribution in [0.25, 0.3) is 0 Å². The standard InChI is InChI=1S/C23H20ClNO2S/c1-2-15-27-21-11-9-20(10-12-21)25-23(26)18-5-3-17(4-6-18)16-28-22-13-7-19(24)8-14-22/h2-14H,1,15-16H2,(H,25,26). The van der Waals surface area contributed by atoms with Crippen LogP contribution in [-0.4, -0.2) is 12.5 Å². The highest BCUT2D eigenvalue weighted by molar-refractivity contribution is 7.98. The maximum absolute atomic E-state index is 12.4. The lowest BCUT2D eigenvalue weighted by Crippen LogP contribution is -2.11. The number of amides is 1. The quantitative estimate of drug-likeness (QED) is 0.343. The van der Waals surface area contributed by atoms with E-state index in [2.05, 4.69) is 11.9 Å². The first-order valence-corrected chi connectivity index (χ1v) is 10.1. The molecule has 1 N–H and O–H groups in total. The molecule has 0 fully saturated rings. The maximum atomic E-state index is 12.4. The molecular weight excluding hydrogens is 390 g/mol. The molecule has 142 valence electrons. The Morgan fingerprint density at radius 3 is 2.32 bits per heavy atom. The summed E-state index contributed by atoms with van der Waals surface area (Å²) >= 11 is 7.63. The second-order valence-electron chi connectivity index (χ2n) is 6.02. The molecule has 0 unspecified atom stereocenters. The number of nitrogens with one attached hydrogen (secondary N) is 1. The molecule has 0 aliphatic carbocycles. The summed E-state index contributed by atoms with van der Waals surface area (Å²) in [7, 11) is 0. The van der Waals surface area contributed by atoms with Crippen molar-refractivity contribution in [3.63, 3.8) is 0 Å². The molecule has 0 radical (unpaired) electrons. The Hall–Kier alpha value is -2.69. The van der Waals surface area contributed by atoms with Crippen molar-refractivity contribution in [2.45, 2.75) is 10.6 Å². The van der Waals surface area contributed by atoms with Crippen LogP contribution >= 0.6 is 23.4 Å². The van der Waals surface area contributed by atoms with Crippen LogP contribution in [0.15, 0.2) is 90.3 Å². The normalized spacial score (nSPS) is 10.3. The topological polar surface area (TPSA) is 38.3 Å². The highest BCUT2D eigenvalue weighted by Crippen LogP contribution is 2.24. The molecule has 3 aromatic carbocycles. The Kier molecular flexibility index (Phi) is 7.18. The average Bonchev–Trinajstić information content (AvgIpc) is 2.73. The summed E-state index contributed by atoms with van der Waals surface area (Å²) in [5, 5.41) is 3.63. The third-order valence-corrected chi connectivity index (χ3v) is 5.25. The van der Waals surface area contributed by atoms with Gasteiger partial charge in [-0.1, -0.05) is 36.4 Å². The molecule has 1 amide bonds. The molecule has 3 aromatic rings. The molecule has 0 bridgehead atoms. The number of hydrogen-bond donors (Lipinski definition) is 1. The lowest BCUT2D eigenvalue weighted by atomic mass is 10.1. The summed E-state index contributed by atoms with van der Waals surface area (Å²) in [6, 6.07) is 22.7. The third kappa shape index (κ3) is 5.91. The van der Waals surface area contributed by atoms with E-state index < -0.39 is 0 Å². The van der Waals surface area contributed by atoms with Crippen molar-refractivity contribution in [2.75, 3.05) is 11.9 Å². The third-order valence-electron chi connectivity index (χ3n) is 3.92. The van der Waals surface area contributed by atoms with Crippen LogP contribution < -0.4 is 10.1 Å². The number of halogens is 1. The minimum Gasteiger partial charge on any atom is -0.490 e. The smallest absolute Gasteiger partial charge is 0.255 e. The van der Waals surface area contributed by atoms with Crippen molar-refractivity contribution in [1.82, 2.24) is 0 Å². The van der Waals surface area contributed by atoms with Gasteiger partial charge in [0.25, 0.3) is 5.91 Å². The molecular formula is C23H20ClNO2S. The second-order valence-corrected chi connectivity index (χ2v) is 7.50. The summed E-state index contributed by atoms with van der Waals surface area (Å²) in [4.78, 5) is 13.6. The number of hydrogen-bond acceptors (Lipinski definition) is 3. The summed E-state index contributed by atoms with van der Waals surface area (Å²) < 4.78 is 5.43. The van der Waals surface area contributed by atoms with Crippen LogP contribution in [0.5, 0.6) is 5.75 Å². The minimum atomic E-state index is -0.142. The minimum absolute atomic E-state index is 0.142. The van der Waals surface area contributed by atoms with Crippen molar-refractivity contribution >= 4 is 35.0 Å². The van der Waals surface area contributed by atoms with E-state index in [1.807, 2.05) is 72.8 Å². The number of carbonyl (C=O) groups excluding carboxylic acids is 1. The molecule has 0 atom stereocenters. The number of ether oxygens (including phenoxy) is 1. The zero-order valence-electron chi connectivity index (χ0n) is 15.2. The van der Waals surface area contributed by atoms with Crippen molar-refractivity contribution in [3.8, 4) is 5.75 Å². The van der Waals surface area contributed by atoms with Gasteiger partial charge in [0.1, 0.15) is 12.4 Å². The first-order valence-electron chi connectivity index (χ1n) is 8.76. The van der Waals surface area contributed by atoms with E-state index in [9.17, 15) is 4.79 Å². The predicted octanol–water partition coefficient (Wildman–Crippen LogP) is 6.45. The van der Waals surface area contributed by atoms with Crippen molar-refractivity contribution in [1.29, 1.82) is 0 Å². The second kappa shape index (κ2) is 10.0. The maximum Gasteiger partial charge on any atom is 0.255 e. The Morgan fingerprint density at radius 2 is 1.68 bits per heavy atom. The van der Waals surface area contributed by atoms with Crippen LogP contribution in [0.4, 0.5) is 5.69 Å². The van der Waals surface area contributed by atoms with Gasteiger partial charge in [-0.3, -0.25) is 4.79 Å². The molecule has 0 aliphatic rings. The Bertz CT molecular complexity index is 922. The molecule has 0 aromatic heterocycles. The number of thioether (sulfide) groups is 1. The highest BCUT2D eigenvalue weighted by Gasteiger charge is 2.07. The van der Waals surface area contributed by atoms with Gasteiger partial charge in [-0.15, -0.1) is 11.8 Å². The zero-order chi connectivity index (χ0) is 19.8. The van der Waals surface area contributed by atoms with Crippen LogP contribution in [-0.2, 0) is 5.75 Å². The van der Waals surface area contributed by atoms with Gasteiger partial charge in [0.15, 0.2) is 0 Å². The van der Waals surface area contributed by atoms with E-state index >= 15 is 0 Å². The van der Waals surface area contributed by atoms with Gasteiger partial charge in [0.05, 0.1) is 0 Å². The van der Waals surface area contributed by atoms with Crippen molar-refractivity contribution < 1.29 is 9.53 Å². The van der Waals surface area contributed by atoms with Crippen LogP contribution in [0.2, 0.25) is 5.02 Å². The molecule has 0 spiro atoms. The fourth-order valence-corrected chi connectivity index (χ4v) is 3.42. The lowest BCUT2D eigenvalue weighted by Gasteiger charge is -2.08. The molecule has 5 heteroatoms. The lowest BCUT2D eigenvalue weighted by molar-refractivity contribution is 0.102. The predicted molar refractivity (Wildman–Crippen MR) is 118 cm³/mol. The first kappa shape index (κ1) is 20.1. The van der Waals surface area contributed by atoms with Crippen molar-refractivity contribution in [2.24, 2.45) is 0 Å². The van der Waals surface area contributed by atoms with Gasteiger partial charge in [0, 0.05) is 26.9 Å². The first-order chi connectivity index (χ1) is 13.6. The number of benzene rings is 3. The SMILES string of the molecule is C=CCOc1ccc(NC(=O)c2ccc(CSc3ccc(Cl)cc3)cc2)cc1. The average molecular weight is 410 g/mol. The number of rotatable bonds is 8. The summed E-state index contributed by atoms with van der Waals surface area (Å²) in [5.74, 6) is 1.42. The van der Waals surface area contributed by atoms with E-state index in [0.29, 0.717) is 12.2 Å². The van der Waals surface area contributed by atoms with E-state index in [4.69, 9.17) is 16.3 Å². The van der Waals surface area contributed by atoms with Gasteiger partial charge in [0.2, 0.25) is 0 Å². The van der Waals surface area contributed by atoms with Gasteiger partial charge in [-0.05, 0) is 66.2 Å². The van der Waals surface area contributed by atoms with Gasteiger partial charge in [-0.2, -0.15) is 0 Å². The van der Waals surface area contributed by atoms with E-state index in [-0.39, 0.29) is 5.91 Å². The van der Waals surface area contributed by atoms with Gasteiger partial charge < -0.3 is 10.1 Å². The van der Waals surface area contributed by atoms with E-state index in [1.165, 1.54) is 0 Å². The Morgan fingerprint density at radius 1 is 1.00 bits per heavy atom. The molecule has 28 heavy (non-hydrogen) atoms. The van der Waals surface area contributed by atoms with Gasteiger partial charge in [-0.25, -0.2) is 0 Å². The Labute approximate surface area is 174 Å². The van der Waals surface area contributed by atoms with Crippen LogP contribution in [0, 0.1) is 0 Å². The number of carbonyl (C=O) groups is 1. The summed E-state index contributed by atoms with van der Waals surface area (Å²) in [6.07, 6.45) is 1.69. The fraction of sp³-hybridized carbons (Fsp3) is 0.0870. The fourth-order valence-electron chi connectivity index (χ4n) is 2.44. The van der Waals surface area contributed by atoms with Gasteiger partial charge >= 0.3 is 0 Å². The number of anilines is 1. The molecule has 3 rings (SSSR count). The molecule has 0 saturated heterocycles. The Balaban J connectivity index is 1.54. The van der Waals surface area contributed by atoms with Crippen LogP contribution in [0.1, 0.15) is 15.9 Å². The largest absolute Gasteiger partial charge is 0.490 e. The zero-order valence-corrected chi connectivity index (χ0v) is 16.8. The summed E-state index contributed by atoms with van der Waals surface area (Å²) in [6.45, 7) is 4.07. The molecule has 0 saturated carbocycles. The van der Waals surface area contributed by atoms with E-state index in [1.54, 1.807) is 17.8 Å². The highest BCUT2D eigenvalue weighted by atomic mass is 35.5. The van der Waals surface area contributed by atoms with E-state index in [0.717, 1.165) is 32.7 Å². The molecule has 0 heterocycles. The van der Waals surface area contributed by atoms with Crippen molar-refractivity contribution in [3.05, 3.63) is 102 Å². The van der Waals surface area contributed by atoms with Crippen LogP contribution in [0.3, 0.4) is 0 Å².